The summed E-state index contributed by atoms with van der Waals surface area (Å²) in [7, 11) is 1.69. The van der Waals surface area contributed by atoms with Crippen molar-refractivity contribution < 1.29 is 4.74 Å². The largest absolute Gasteiger partial charge is 0.497 e. The van der Waals surface area contributed by atoms with E-state index in [-0.39, 0.29) is 0 Å². The molecule has 0 bridgehead atoms. The molecule has 1 aromatic heterocycles. The van der Waals surface area contributed by atoms with E-state index in [4.69, 9.17) is 4.74 Å². The van der Waals surface area contributed by atoms with Crippen molar-refractivity contribution in [3.8, 4) is 5.75 Å². The molecule has 0 fully saturated rings. The molecule has 19 heavy (non-hydrogen) atoms. The van der Waals surface area contributed by atoms with Crippen LogP contribution in [0, 0.1) is 0 Å². The van der Waals surface area contributed by atoms with Crippen LogP contribution in [0.4, 0.5) is 0 Å². The normalized spacial score (nSPS) is 12.3. The molecule has 1 atom stereocenters. The van der Waals surface area contributed by atoms with Crippen LogP contribution in [0.1, 0.15) is 29.8 Å². The molecule has 1 unspecified atom stereocenters. The molecule has 102 valence electrons. The lowest BCUT2D eigenvalue weighted by Gasteiger charge is -2.15. The maximum absolute atomic E-state index is 5.17. The number of hydrogen-bond donors (Lipinski definition) is 1. The summed E-state index contributed by atoms with van der Waals surface area (Å²) in [5, 5.41) is 3.52. The zero-order chi connectivity index (χ0) is 13.5. The fourth-order valence-electron chi connectivity index (χ4n) is 2.09. The number of nitrogens with zero attached hydrogens (tertiary/aromatic N) is 1. The van der Waals surface area contributed by atoms with E-state index in [1.165, 1.54) is 10.4 Å². The third kappa shape index (κ3) is 4.04. The summed E-state index contributed by atoms with van der Waals surface area (Å²) in [6.45, 7) is 3.12. The Hall–Kier alpha value is -1.39. The first kappa shape index (κ1) is 14.0. The highest BCUT2D eigenvalue weighted by Gasteiger charge is 2.11. The van der Waals surface area contributed by atoms with Gasteiger partial charge in [0.05, 0.1) is 12.6 Å². The van der Waals surface area contributed by atoms with Gasteiger partial charge in [0.2, 0.25) is 0 Å². The lowest BCUT2D eigenvalue weighted by atomic mass is 10.0. The monoisotopic (exact) mass is 276 g/mol. The zero-order valence-corrected chi connectivity index (χ0v) is 12.2. The molecule has 0 spiro atoms. The highest BCUT2D eigenvalue weighted by atomic mass is 32.1. The Morgan fingerprint density at radius 3 is 2.68 bits per heavy atom. The van der Waals surface area contributed by atoms with Crippen molar-refractivity contribution in [1.29, 1.82) is 0 Å². The van der Waals surface area contributed by atoms with Crippen LogP contribution in [0.3, 0.4) is 0 Å². The first-order chi connectivity index (χ1) is 9.33. The summed E-state index contributed by atoms with van der Waals surface area (Å²) in [6, 6.07) is 8.71. The van der Waals surface area contributed by atoms with E-state index in [1.807, 2.05) is 23.8 Å². The molecule has 0 radical (unpaired) electrons. The Bertz CT molecular complexity index is 467. The molecule has 4 heteroatoms. The minimum absolute atomic E-state index is 0.402. The number of rotatable bonds is 7. The molecule has 1 aromatic carbocycles. The molecule has 3 nitrogen and oxygen atoms in total. The smallest absolute Gasteiger partial charge is 0.118 e. The Balaban J connectivity index is 1.94. The molecule has 0 saturated heterocycles. The number of thiazole rings is 1. The van der Waals surface area contributed by atoms with Crippen LogP contribution in [-0.2, 0) is 6.42 Å². The van der Waals surface area contributed by atoms with Crippen molar-refractivity contribution >= 4 is 11.3 Å². The van der Waals surface area contributed by atoms with Gasteiger partial charge in [0.1, 0.15) is 5.75 Å². The first-order valence-corrected chi connectivity index (χ1v) is 7.46. The van der Waals surface area contributed by atoms with E-state index in [2.05, 4.69) is 29.4 Å². The van der Waals surface area contributed by atoms with Gasteiger partial charge in [0, 0.05) is 17.1 Å². The standard InChI is InChI=1S/C15H20N2OS/c1-3-17-14(15-10-16-11-19-15)9-6-12-4-7-13(18-2)8-5-12/h4-5,7-8,10-11,14,17H,3,6,9H2,1-2H3. The van der Waals surface area contributed by atoms with Crippen molar-refractivity contribution in [3.05, 3.63) is 46.4 Å². The number of aromatic nitrogens is 1. The van der Waals surface area contributed by atoms with Gasteiger partial charge in [-0.3, -0.25) is 4.98 Å². The Labute approximate surface area is 118 Å². The molecule has 0 aliphatic carbocycles. The van der Waals surface area contributed by atoms with Crippen molar-refractivity contribution in [2.24, 2.45) is 0 Å². The zero-order valence-electron chi connectivity index (χ0n) is 11.4. The number of nitrogens with one attached hydrogen (secondary N) is 1. The second-order valence-corrected chi connectivity index (χ2v) is 5.32. The van der Waals surface area contributed by atoms with Gasteiger partial charge in [-0.2, -0.15) is 0 Å². The fraction of sp³-hybridized carbons (Fsp3) is 0.400. The molecule has 1 N–H and O–H groups in total. The van der Waals surface area contributed by atoms with Crippen molar-refractivity contribution in [1.82, 2.24) is 10.3 Å². The fourth-order valence-corrected chi connectivity index (χ4v) is 2.82. The van der Waals surface area contributed by atoms with E-state index >= 15 is 0 Å². The molecule has 0 amide bonds. The summed E-state index contributed by atoms with van der Waals surface area (Å²) in [5.74, 6) is 0.912. The lowest BCUT2D eigenvalue weighted by molar-refractivity contribution is 0.414. The van der Waals surface area contributed by atoms with Gasteiger partial charge in [-0.15, -0.1) is 11.3 Å². The maximum Gasteiger partial charge on any atom is 0.118 e. The Morgan fingerprint density at radius 1 is 1.32 bits per heavy atom. The molecule has 2 rings (SSSR count). The molecule has 0 aliphatic rings. The molecular weight excluding hydrogens is 256 g/mol. The number of aryl methyl sites for hydroxylation is 1. The van der Waals surface area contributed by atoms with Crippen molar-refractivity contribution in [2.75, 3.05) is 13.7 Å². The highest BCUT2D eigenvalue weighted by Crippen LogP contribution is 2.23. The van der Waals surface area contributed by atoms with Crippen LogP contribution in [-0.4, -0.2) is 18.6 Å². The summed E-state index contributed by atoms with van der Waals surface area (Å²) in [6.07, 6.45) is 4.11. The van der Waals surface area contributed by atoms with Crippen molar-refractivity contribution in [3.63, 3.8) is 0 Å². The number of benzene rings is 1. The van der Waals surface area contributed by atoms with Gasteiger partial charge in [0.15, 0.2) is 0 Å². The van der Waals surface area contributed by atoms with Gasteiger partial charge in [-0.05, 0) is 37.1 Å². The topological polar surface area (TPSA) is 34.1 Å². The third-order valence-electron chi connectivity index (χ3n) is 3.13. The predicted octanol–water partition coefficient (Wildman–Crippen LogP) is 3.44. The van der Waals surface area contributed by atoms with Crippen LogP contribution < -0.4 is 10.1 Å². The SMILES string of the molecule is CCNC(CCc1ccc(OC)cc1)c1cncs1. The molecular formula is C15H20N2OS. The molecule has 0 aliphatic heterocycles. The quantitative estimate of drug-likeness (QED) is 0.841. The van der Waals surface area contributed by atoms with Gasteiger partial charge < -0.3 is 10.1 Å². The second-order valence-electron chi connectivity index (χ2n) is 4.40. The third-order valence-corrected chi connectivity index (χ3v) is 4.02. The van der Waals surface area contributed by atoms with Gasteiger partial charge >= 0.3 is 0 Å². The number of ether oxygens (including phenoxy) is 1. The van der Waals surface area contributed by atoms with Gasteiger partial charge in [0.25, 0.3) is 0 Å². The maximum atomic E-state index is 5.17. The van der Waals surface area contributed by atoms with Gasteiger partial charge in [-0.1, -0.05) is 19.1 Å². The second kappa shape index (κ2) is 7.26. The van der Waals surface area contributed by atoms with Gasteiger partial charge in [-0.25, -0.2) is 0 Å². The van der Waals surface area contributed by atoms with Crippen molar-refractivity contribution in [2.45, 2.75) is 25.8 Å². The van der Waals surface area contributed by atoms with Crippen LogP contribution >= 0.6 is 11.3 Å². The predicted molar refractivity (Wildman–Crippen MR) is 79.8 cm³/mol. The average molecular weight is 276 g/mol. The number of methoxy groups -OCH3 is 1. The Morgan fingerprint density at radius 2 is 2.11 bits per heavy atom. The Kier molecular flexibility index (Phi) is 5.36. The van der Waals surface area contributed by atoms with E-state index in [0.717, 1.165) is 25.1 Å². The van der Waals surface area contributed by atoms with Crippen LogP contribution in [0.25, 0.3) is 0 Å². The summed E-state index contributed by atoms with van der Waals surface area (Å²) in [4.78, 5) is 5.48. The molecule has 1 heterocycles. The van der Waals surface area contributed by atoms with Crippen LogP contribution in [0.15, 0.2) is 36.0 Å². The summed E-state index contributed by atoms with van der Waals surface area (Å²) < 4.78 is 5.17. The van der Waals surface area contributed by atoms with Crippen LogP contribution in [0.5, 0.6) is 5.75 Å². The van der Waals surface area contributed by atoms with Crippen LogP contribution in [0.2, 0.25) is 0 Å². The minimum Gasteiger partial charge on any atom is -0.497 e. The van der Waals surface area contributed by atoms with E-state index < -0.39 is 0 Å². The molecule has 0 saturated carbocycles. The minimum atomic E-state index is 0.402. The highest BCUT2D eigenvalue weighted by molar-refractivity contribution is 7.09. The summed E-state index contributed by atoms with van der Waals surface area (Å²) in [5.41, 5.74) is 3.24. The van der Waals surface area contributed by atoms with E-state index in [9.17, 15) is 0 Å². The van der Waals surface area contributed by atoms with E-state index in [1.54, 1.807) is 18.4 Å². The van der Waals surface area contributed by atoms with E-state index in [0.29, 0.717) is 6.04 Å². The molecule has 2 aromatic rings. The average Bonchev–Trinajstić information content (AvgIpc) is 2.98. The number of hydrogen-bond acceptors (Lipinski definition) is 4. The lowest BCUT2D eigenvalue weighted by Crippen LogP contribution is -2.20. The summed E-state index contributed by atoms with van der Waals surface area (Å²) >= 11 is 1.72. The first-order valence-electron chi connectivity index (χ1n) is 6.58.